The number of pyridine rings is 2. The van der Waals surface area contributed by atoms with Crippen molar-refractivity contribution >= 4 is 5.69 Å². The first kappa shape index (κ1) is 17.9. The third-order valence-corrected chi connectivity index (χ3v) is 4.51. The van der Waals surface area contributed by atoms with E-state index in [-0.39, 0.29) is 11.6 Å². The van der Waals surface area contributed by atoms with Crippen LogP contribution in [-0.2, 0) is 0 Å². The minimum atomic E-state index is -0.174. The largest absolute Gasteiger partial charge is 0.372 e. The molecule has 0 aliphatic carbocycles. The van der Waals surface area contributed by atoms with Gasteiger partial charge in [0.1, 0.15) is 11.4 Å². The molecule has 2 N–H and O–H groups in total. The molecule has 0 bridgehead atoms. The van der Waals surface area contributed by atoms with Gasteiger partial charge in [-0.1, -0.05) is 19.0 Å². The van der Waals surface area contributed by atoms with Crippen LogP contribution in [0.5, 0.6) is 0 Å². The van der Waals surface area contributed by atoms with Crippen molar-refractivity contribution in [3.63, 3.8) is 0 Å². The van der Waals surface area contributed by atoms with Crippen LogP contribution >= 0.6 is 0 Å². The molecule has 0 amide bonds. The lowest BCUT2D eigenvalue weighted by Gasteiger charge is -2.16. The van der Waals surface area contributed by atoms with Crippen LogP contribution in [0.15, 0.2) is 39.9 Å². The fourth-order valence-corrected chi connectivity index (χ4v) is 3.00. The molecule has 3 rings (SSSR count). The van der Waals surface area contributed by atoms with E-state index < -0.39 is 0 Å². The molecule has 0 spiro atoms. The molecule has 0 aliphatic rings. The van der Waals surface area contributed by atoms with E-state index in [9.17, 15) is 4.79 Å². The summed E-state index contributed by atoms with van der Waals surface area (Å²) in [6, 6.07) is 5.82. The Balaban J connectivity index is 1.91. The van der Waals surface area contributed by atoms with Gasteiger partial charge >= 0.3 is 0 Å². The molecule has 6 nitrogen and oxygen atoms in total. The van der Waals surface area contributed by atoms with Gasteiger partial charge in [0, 0.05) is 23.5 Å². The van der Waals surface area contributed by atoms with Crippen molar-refractivity contribution < 1.29 is 4.52 Å². The summed E-state index contributed by atoms with van der Waals surface area (Å²) in [6.07, 6.45) is 3.50. The quantitative estimate of drug-likeness (QED) is 0.714. The Morgan fingerprint density at radius 2 is 1.96 bits per heavy atom. The number of hydrogen-bond acceptors (Lipinski definition) is 5. The van der Waals surface area contributed by atoms with Crippen LogP contribution < -0.4 is 10.9 Å². The Labute approximate surface area is 152 Å². The van der Waals surface area contributed by atoms with Gasteiger partial charge in [-0.15, -0.1) is 0 Å². The maximum atomic E-state index is 12.3. The van der Waals surface area contributed by atoms with Gasteiger partial charge in [-0.2, -0.15) is 0 Å². The van der Waals surface area contributed by atoms with E-state index in [0.717, 1.165) is 28.3 Å². The van der Waals surface area contributed by atoms with E-state index in [1.165, 1.54) is 5.56 Å². The molecule has 6 heteroatoms. The Morgan fingerprint density at radius 3 is 2.62 bits per heavy atom. The number of nitrogens with zero attached hydrogens (tertiary/aromatic N) is 2. The van der Waals surface area contributed by atoms with Crippen molar-refractivity contribution in [2.45, 2.75) is 46.6 Å². The molecule has 0 radical (unpaired) electrons. The van der Waals surface area contributed by atoms with E-state index in [2.05, 4.69) is 40.4 Å². The minimum absolute atomic E-state index is 0.102. The average Bonchev–Trinajstić information content (AvgIpc) is 2.95. The monoisotopic (exact) mass is 352 g/mol. The van der Waals surface area contributed by atoms with Crippen molar-refractivity contribution in [1.29, 1.82) is 0 Å². The lowest BCUT2D eigenvalue weighted by atomic mass is 10.0. The summed E-state index contributed by atoms with van der Waals surface area (Å²) >= 11 is 0. The standard InChI is InChI=1S/C20H24N4O2/c1-11(2)15-6-7-21-17(8-15)12(3)23-18-9-16(10-22-20(18)25)19-13(4)24-26-14(19)5/h6-12,23H,1-5H3,(H,22,25). The average molecular weight is 352 g/mol. The molecule has 0 fully saturated rings. The molecule has 3 heterocycles. The summed E-state index contributed by atoms with van der Waals surface area (Å²) in [4.78, 5) is 19.5. The molecule has 0 aliphatic heterocycles. The number of nitrogens with one attached hydrogen (secondary N) is 2. The highest BCUT2D eigenvalue weighted by Crippen LogP contribution is 2.28. The Kier molecular flexibility index (Phi) is 4.93. The number of rotatable bonds is 5. The molecule has 3 aromatic rings. The lowest BCUT2D eigenvalue weighted by molar-refractivity contribution is 0.393. The van der Waals surface area contributed by atoms with Crippen LogP contribution in [0.3, 0.4) is 0 Å². The maximum Gasteiger partial charge on any atom is 0.271 e. The molecular formula is C20H24N4O2. The topological polar surface area (TPSA) is 83.8 Å². The zero-order chi connectivity index (χ0) is 18.8. The van der Waals surface area contributed by atoms with Gasteiger partial charge in [0.25, 0.3) is 5.56 Å². The lowest BCUT2D eigenvalue weighted by Crippen LogP contribution is -2.17. The first-order chi connectivity index (χ1) is 12.4. The van der Waals surface area contributed by atoms with Crippen molar-refractivity contribution in [3.8, 4) is 11.1 Å². The number of aryl methyl sites for hydroxylation is 2. The Morgan fingerprint density at radius 1 is 1.19 bits per heavy atom. The van der Waals surface area contributed by atoms with Crippen LogP contribution in [-0.4, -0.2) is 15.1 Å². The van der Waals surface area contributed by atoms with Crippen molar-refractivity contribution in [3.05, 3.63) is 63.7 Å². The molecule has 0 aromatic carbocycles. The van der Waals surface area contributed by atoms with Crippen molar-refractivity contribution in [1.82, 2.24) is 15.1 Å². The van der Waals surface area contributed by atoms with Gasteiger partial charge < -0.3 is 14.8 Å². The van der Waals surface area contributed by atoms with Crippen LogP contribution in [0.1, 0.15) is 55.4 Å². The molecule has 1 unspecified atom stereocenters. The summed E-state index contributed by atoms with van der Waals surface area (Å²) < 4.78 is 5.23. The van der Waals surface area contributed by atoms with Crippen molar-refractivity contribution in [2.24, 2.45) is 0 Å². The molecule has 136 valence electrons. The smallest absolute Gasteiger partial charge is 0.271 e. The molecular weight excluding hydrogens is 328 g/mol. The number of aromatic amines is 1. The molecule has 1 atom stereocenters. The van der Waals surface area contributed by atoms with Gasteiger partial charge in [-0.25, -0.2) is 0 Å². The zero-order valence-electron chi connectivity index (χ0n) is 15.8. The molecule has 0 saturated carbocycles. The van der Waals surface area contributed by atoms with E-state index >= 15 is 0 Å². The Bertz CT molecular complexity index is 952. The highest BCUT2D eigenvalue weighted by Gasteiger charge is 2.15. The summed E-state index contributed by atoms with van der Waals surface area (Å²) in [5.41, 5.74) is 5.00. The third-order valence-electron chi connectivity index (χ3n) is 4.51. The third kappa shape index (κ3) is 3.54. The second-order valence-electron chi connectivity index (χ2n) is 6.87. The fourth-order valence-electron chi connectivity index (χ4n) is 3.00. The number of anilines is 1. The second kappa shape index (κ2) is 7.15. The predicted octanol–water partition coefficient (Wildman–Crippen LogP) is 4.34. The van der Waals surface area contributed by atoms with E-state index in [1.807, 2.05) is 39.1 Å². The van der Waals surface area contributed by atoms with Crippen LogP contribution in [0, 0.1) is 13.8 Å². The van der Waals surface area contributed by atoms with Crippen LogP contribution in [0.25, 0.3) is 11.1 Å². The highest BCUT2D eigenvalue weighted by atomic mass is 16.5. The van der Waals surface area contributed by atoms with Crippen LogP contribution in [0.2, 0.25) is 0 Å². The maximum absolute atomic E-state index is 12.3. The minimum Gasteiger partial charge on any atom is -0.372 e. The first-order valence-electron chi connectivity index (χ1n) is 8.75. The molecule has 0 saturated heterocycles. The van der Waals surface area contributed by atoms with Crippen LogP contribution in [0.4, 0.5) is 5.69 Å². The molecule has 26 heavy (non-hydrogen) atoms. The van der Waals surface area contributed by atoms with E-state index in [1.54, 1.807) is 6.20 Å². The van der Waals surface area contributed by atoms with Gasteiger partial charge in [0.2, 0.25) is 0 Å². The van der Waals surface area contributed by atoms with E-state index in [0.29, 0.717) is 11.6 Å². The second-order valence-corrected chi connectivity index (χ2v) is 6.87. The fraction of sp³-hybridized carbons (Fsp3) is 0.350. The van der Waals surface area contributed by atoms with Gasteiger partial charge in [-0.05, 0) is 50.5 Å². The van der Waals surface area contributed by atoms with E-state index in [4.69, 9.17) is 4.52 Å². The summed E-state index contributed by atoms with van der Waals surface area (Å²) in [5.74, 6) is 1.15. The summed E-state index contributed by atoms with van der Waals surface area (Å²) in [7, 11) is 0. The zero-order valence-corrected chi connectivity index (χ0v) is 15.8. The van der Waals surface area contributed by atoms with Gasteiger partial charge in [0.15, 0.2) is 0 Å². The first-order valence-corrected chi connectivity index (χ1v) is 8.75. The Hall–Kier alpha value is -2.89. The summed E-state index contributed by atoms with van der Waals surface area (Å²) in [5, 5.41) is 7.26. The van der Waals surface area contributed by atoms with Gasteiger partial charge in [0.05, 0.1) is 17.4 Å². The predicted molar refractivity (Wildman–Crippen MR) is 102 cm³/mol. The highest BCUT2D eigenvalue weighted by molar-refractivity contribution is 5.70. The SMILES string of the molecule is Cc1noc(C)c1-c1c[nH]c(=O)c(NC(C)c2cc(C(C)C)ccn2)c1. The van der Waals surface area contributed by atoms with Crippen molar-refractivity contribution in [2.75, 3.05) is 5.32 Å². The number of H-pyrrole nitrogens is 1. The van der Waals surface area contributed by atoms with Gasteiger partial charge in [-0.3, -0.25) is 9.78 Å². The summed E-state index contributed by atoms with van der Waals surface area (Å²) in [6.45, 7) is 10.0. The number of aromatic nitrogens is 3. The number of hydrogen-bond donors (Lipinski definition) is 2. The molecule has 3 aromatic heterocycles. The normalized spacial score (nSPS) is 12.4.